The van der Waals surface area contributed by atoms with Crippen LogP contribution in [0.15, 0.2) is 43.8 Å². The highest BCUT2D eigenvalue weighted by atomic mass is 35.5. The van der Waals surface area contributed by atoms with E-state index in [4.69, 9.17) is 23.2 Å². The van der Waals surface area contributed by atoms with E-state index in [0.29, 0.717) is 9.92 Å². The molecule has 1 N–H and O–H groups in total. The summed E-state index contributed by atoms with van der Waals surface area (Å²) < 4.78 is 40.8. The Labute approximate surface area is 166 Å². The van der Waals surface area contributed by atoms with E-state index in [-0.39, 0.29) is 14.9 Å². The third kappa shape index (κ3) is 4.58. The first-order chi connectivity index (χ1) is 11.9. The number of nitrogens with one attached hydrogen (secondary N) is 1. The van der Waals surface area contributed by atoms with Gasteiger partial charge in [-0.25, -0.2) is 17.4 Å². The summed E-state index contributed by atoms with van der Waals surface area (Å²) in [6.07, 6.45) is 1.32. The van der Waals surface area contributed by atoms with Crippen LogP contribution < -0.4 is 5.32 Å². The Morgan fingerprint density at radius 3 is 2.27 bits per heavy atom. The number of hydrogen-bond acceptors (Lipinski definition) is 5. The lowest BCUT2D eigenvalue weighted by atomic mass is 10.4. The number of carbonyl (C=O) groups excluding carboxylic acids is 1. The second-order valence-electron chi connectivity index (χ2n) is 5.61. The largest absolute Gasteiger partial charge is 0.354 e. The van der Waals surface area contributed by atoms with E-state index < -0.39 is 30.8 Å². The van der Waals surface area contributed by atoms with Gasteiger partial charge in [-0.15, -0.1) is 15.7 Å². The van der Waals surface area contributed by atoms with E-state index in [1.165, 1.54) is 37.6 Å². The summed E-state index contributed by atoms with van der Waals surface area (Å²) in [5, 5.41) is 3.61. The normalized spacial score (nSPS) is 14.1. The van der Waals surface area contributed by atoms with E-state index in [2.05, 4.69) is 9.68 Å². The lowest BCUT2D eigenvalue weighted by Gasteiger charge is -2.07. The second-order valence-corrected chi connectivity index (χ2v) is 12.0. The SMILES string of the molecule is CC(C)S(=O)(=O)c1csc(NC(=O)N=[S@@](C)(=O)c2ccc(Cl)cc2)c1Cl. The van der Waals surface area contributed by atoms with Gasteiger partial charge in [0, 0.05) is 21.6 Å². The number of amides is 2. The minimum absolute atomic E-state index is 0.0515. The number of carbonyl (C=O) groups is 1. The highest BCUT2D eigenvalue weighted by Crippen LogP contribution is 2.37. The average Bonchev–Trinajstić information content (AvgIpc) is 2.88. The van der Waals surface area contributed by atoms with Crippen LogP contribution in [0.25, 0.3) is 0 Å². The standard InChI is InChI=1S/C15H16Cl2N2O4S3/c1-9(2)26(22,23)12-8-24-14(13(12)17)18-15(20)19-25(3,21)11-6-4-10(16)5-7-11/h4-9H,1-3H3,(H,18,20)/t25-/m0/s1. The maximum Gasteiger partial charge on any atom is 0.354 e. The quantitative estimate of drug-likeness (QED) is 0.708. The van der Waals surface area contributed by atoms with Crippen molar-refractivity contribution in [2.75, 3.05) is 11.6 Å². The first kappa shape index (κ1) is 21.2. The van der Waals surface area contributed by atoms with Gasteiger partial charge in [0.25, 0.3) is 0 Å². The van der Waals surface area contributed by atoms with Gasteiger partial charge in [-0.05, 0) is 38.1 Å². The van der Waals surface area contributed by atoms with Gasteiger partial charge in [0.05, 0.1) is 24.9 Å². The van der Waals surface area contributed by atoms with Gasteiger partial charge >= 0.3 is 6.03 Å². The Kier molecular flexibility index (Phi) is 6.40. The molecule has 0 aliphatic heterocycles. The van der Waals surface area contributed by atoms with Crippen molar-refractivity contribution in [2.45, 2.75) is 28.9 Å². The fourth-order valence-electron chi connectivity index (χ4n) is 1.88. The lowest BCUT2D eigenvalue weighted by Crippen LogP contribution is -2.14. The topological polar surface area (TPSA) is 92.7 Å². The number of hydrogen-bond donors (Lipinski definition) is 1. The third-order valence-electron chi connectivity index (χ3n) is 3.36. The minimum Gasteiger partial charge on any atom is -0.296 e. The summed E-state index contributed by atoms with van der Waals surface area (Å²) in [7, 11) is -6.57. The first-order valence-corrected chi connectivity index (χ1v) is 12.4. The first-order valence-electron chi connectivity index (χ1n) is 7.25. The molecule has 0 spiro atoms. The second kappa shape index (κ2) is 7.85. The van der Waals surface area contributed by atoms with E-state index in [0.717, 1.165) is 11.3 Å². The van der Waals surface area contributed by atoms with Crippen LogP contribution in [-0.4, -0.2) is 30.2 Å². The zero-order valence-electron chi connectivity index (χ0n) is 14.0. The summed E-state index contributed by atoms with van der Waals surface area (Å²) >= 11 is 12.8. The average molecular weight is 455 g/mol. The minimum atomic E-state index is -3.58. The molecule has 0 fully saturated rings. The van der Waals surface area contributed by atoms with E-state index >= 15 is 0 Å². The summed E-state index contributed by atoms with van der Waals surface area (Å²) in [5.41, 5.74) is 0. The van der Waals surface area contributed by atoms with Crippen LogP contribution in [0.5, 0.6) is 0 Å². The van der Waals surface area contributed by atoms with Crippen LogP contribution in [0, 0.1) is 0 Å². The van der Waals surface area contributed by atoms with Gasteiger partial charge in [0.1, 0.15) is 5.00 Å². The molecule has 2 amide bonds. The van der Waals surface area contributed by atoms with Crippen molar-refractivity contribution in [1.82, 2.24) is 0 Å². The predicted molar refractivity (Wildman–Crippen MR) is 107 cm³/mol. The Balaban J connectivity index is 2.30. The van der Waals surface area contributed by atoms with Crippen LogP contribution in [0.3, 0.4) is 0 Å². The monoisotopic (exact) mass is 454 g/mol. The Morgan fingerprint density at radius 2 is 1.73 bits per heavy atom. The van der Waals surface area contributed by atoms with Crippen molar-refractivity contribution in [2.24, 2.45) is 4.36 Å². The molecule has 11 heteroatoms. The van der Waals surface area contributed by atoms with E-state index in [1.807, 2.05) is 0 Å². The molecule has 6 nitrogen and oxygen atoms in total. The van der Waals surface area contributed by atoms with Crippen LogP contribution in [-0.2, 0) is 19.6 Å². The number of thiophene rings is 1. The maximum absolute atomic E-state index is 12.6. The molecule has 0 unspecified atom stereocenters. The fourth-order valence-corrected chi connectivity index (χ4v) is 6.04. The molecule has 0 saturated carbocycles. The van der Waals surface area contributed by atoms with Crippen molar-refractivity contribution >= 4 is 65.1 Å². The van der Waals surface area contributed by atoms with E-state index in [9.17, 15) is 17.4 Å². The highest BCUT2D eigenvalue weighted by Gasteiger charge is 2.26. The summed E-state index contributed by atoms with van der Waals surface area (Å²) in [4.78, 5) is 12.4. The predicted octanol–water partition coefficient (Wildman–Crippen LogP) is 4.93. The van der Waals surface area contributed by atoms with Gasteiger partial charge < -0.3 is 0 Å². The molecule has 0 radical (unpaired) electrons. The molecular formula is C15H16Cl2N2O4S3. The van der Waals surface area contributed by atoms with Crippen molar-refractivity contribution in [3.8, 4) is 0 Å². The number of halogens is 2. The molecule has 1 atom stereocenters. The molecule has 0 bridgehead atoms. The number of rotatable bonds is 4. The van der Waals surface area contributed by atoms with Gasteiger partial charge in [-0.2, -0.15) is 0 Å². The van der Waals surface area contributed by atoms with Crippen molar-refractivity contribution < 1.29 is 17.4 Å². The number of sulfone groups is 1. The number of urea groups is 1. The van der Waals surface area contributed by atoms with Crippen molar-refractivity contribution in [1.29, 1.82) is 0 Å². The Bertz CT molecular complexity index is 1050. The number of nitrogens with zero attached hydrogens (tertiary/aromatic N) is 1. The smallest absolute Gasteiger partial charge is 0.296 e. The van der Waals surface area contributed by atoms with Gasteiger partial charge in [0.15, 0.2) is 9.84 Å². The molecule has 1 aromatic heterocycles. The molecule has 0 saturated heterocycles. The van der Waals surface area contributed by atoms with Gasteiger partial charge in [-0.1, -0.05) is 23.2 Å². The Morgan fingerprint density at radius 1 is 1.15 bits per heavy atom. The van der Waals surface area contributed by atoms with Gasteiger partial charge in [0.2, 0.25) is 0 Å². The molecule has 142 valence electrons. The summed E-state index contributed by atoms with van der Waals surface area (Å²) in [5.74, 6) is 0. The molecule has 1 heterocycles. The Hall–Kier alpha value is -1.13. The van der Waals surface area contributed by atoms with Crippen LogP contribution in [0.4, 0.5) is 9.80 Å². The van der Waals surface area contributed by atoms with Gasteiger partial charge in [-0.3, -0.25) is 5.32 Å². The van der Waals surface area contributed by atoms with Crippen LogP contribution >= 0.6 is 34.5 Å². The molecule has 2 aromatic rings. The molecule has 2 rings (SSSR count). The molecule has 1 aromatic carbocycles. The third-order valence-corrected chi connectivity index (χ3v) is 9.11. The fraction of sp³-hybridized carbons (Fsp3) is 0.267. The maximum atomic E-state index is 12.6. The zero-order chi connectivity index (χ0) is 19.7. The van der Waals surface area contributed by atoms with Crippen molar-refractivity contribution in [3.05, 3.63) is 39.7 Å². The lowest BCUT2D eigenvalue weighted by molar-refractivity contribution is 0.260. The molecular weight excluding hydrogens is 439 g/mol. The molecule has 0 aliphatic rings. The number of benzene rings is 1. The number of anilines is 1. The zero-order valence-corrected chi connectivity index (χ0v) is 18.0. The summed E-state index contributed by atoms with van der Waals surface area (Å²) in [6.45, 7) is 3.07. The molecule has 0 aliphatic carbocycles. The van der Waals surface area contributed by atoms with Crippen LogP contribution in [0.1, 0.15) is 13.8 Å². The van der Waals surface area contributed by atoms with Crippen LogP contribution in [0.2, 0.25) is 10.0 Å². The summed E-state index contributed by atoms with van der Waals surface area (Å²) in [6, 6.07) is 5.25. The highest BCUT2D eigenvalue weighted by molar-refractivity contribution is 7.93. The van der Waals surface area contributed by atoms with Crippen molar-refractivity contribution in [3.63, 3.8) is 0 Å². The molecule has 26 heavy (non-hydrogen) atoms. The van der Waals surface area contributed by atoms with E-state index in [1.54, 1.807) is 12.1 Å².